The van der Waals surface area contributed by atoms with Crippen LogP contribution < -0.4 is 9.47 Å². The highest BCUT2D eigenvalue weighted by atomic mass is 16.5. The molecular formula is C32H43NO5. The number of nitrogens with zero attached hydrogens (tertiary/aromatic N) is 1. The summed E-state index contributed by atoms with van der Waals surface area (Å²) in [6.45, 7) is 5.18. The molecule has 0 saturated carbocycles. The summed E-state index contributed by atoms with van der Waals surface area (Å²) in [7, 11) is 1.57. The first-order valence-corrected chi connectivity index (χ1v) is 14.2. The standard InChI is InChI=1S/C32H43NO5/c1-4-6-7-8-9-10-11-12-13-14-23-33-29(24-15-21-27(22-16-24)38-5-2)28(31(35)32(33)36)30(34)25-17-19-26(37-3)20-18-25/h15-22,29,34H,4-14,23H2,1-3H3/b30-28-. The molecule has 1 amide bonds. The van der Waals surface area contributed by atoms with Crippen molar-refractivity contribution in [1.29, 1.82) is 0 Å². The topological polar surface area (TPSA) is 76.1 Å². The van der Waals surface area contributed by atoms with E-state index >= 15 is 0 Å². The number of aliphatic hydroxyl groups excluding tert-OH is 1. The number of benzene rings is 2. The van der Waals surface area contributed by atoms with Gasteiger partial charge in [-0.2, -0.15) is 0 Å². The van der Waals surface area contributed by atoms with E-state index in [1.807, 2.05) is 31.2 Å². The second-order valence-corrected chi connectivity index (χ2v) is 9.91. The predicted octanol–water partition coefficient (Wildman–Crippen LogP) is 7.44. The number of aliphatic hydroxyl groups is 1. The van der Waals surface area contributed by atoms with Crippen LogP contribution in [0.15, 0.2) is 54.1 Å². The molecule has 6 nitrogen and oxygen atoms in total. The molecular weight excluding hydrogens is 478 g/mol. The molecule has 1 aliphatic heterocycles. The number of methoxy groups -OCH3 is 1. The Balaban J connectivity index is 1.75. The van der Waals surface area contributed by atoms with Gasteiger partial charge in [-0.3, -0.25) is 9.59 Å². The Bertz CT molecular complexity index is 1060. The lowest BCUT2D eigenvalue weighted by Crippen LogP contribution is -2.30. The first-order chi connectivity index (χ1) is 18.5. The normalized spacial score (nSPS) is 16.7. The van der Waals surface area contributed by atoms with Crippen LogP contribution in [0.3, 0.4) is 0 Å². The highest BCUT2D eigenvalue weighted by Crippen LogP contribution is 2.40. The molecule has 38 heavy (non-hydrogen) atoms. The van der Waals surface area contributed by atoms with E-state index in [-0.39, 0.29) is 11.3 Å². The first-order valence-electron chi connectivity index (χ1n) is 14.2. The fraction of sp³-hybridized carbons (Fsp3) is 0.500. The summed E-state index contributed by atoms with van der Waals surface area (Å²) >= 11 is 0. The number of ketones is 1. The van der Waals surface area contributed by atoms with E-state index in [9.17, 15) is 14.7 Å². The number of hydrogen-bond donors (Lipinski definition) is 1. The number of rotatable bonds is 16. The van der Waals surface area contributed by atoms with E-state index in [4.69, 9.17) is 9.47 Å². The summed E-state index contributed by atoms with van der Waals surface area (Å²) in [6, 6.07) is 13.6. The van der Waals surface area contributed by atoms with Crippen LogP contribution in [-0.2, 0) is 9.59 Å². The quantitative estimate of drug-likeness (QED) is 0.108. The molecule has 1 saturated heterocycles. The Morgan fingerprint density at radius 2 is 1.34 bits per heavy atom. The Morgan fingerprint density at radius 1 is 0.789 bits per heavy atom. The van der Waals surface area contributed by atoms with Crippen molar-refractivity contribution in [2.24, 2.45) is 0 Å². The number of Topliss-reactive ketones (excluding diaryl/α,β-unsaturated/α-hetero) is 1. The molecule has 1 fully saturated rings. The maximum absolute atomic E-state index is 13.2. The second kappa shape index (κ2) is 15.2. The SMILES string of the molecule is CCCCCCCCCCCCN1C(=O)C(=O)/C(=C(\O)c2ccc(OC)cc2)C1c1ccc(OCC)cc1. The number of hydrogen-bond acceptors (Lipinski definition) is 5. The summed E-state index contributed by atoms with van der Waals surface area (Å²) in [5.41, 5.74) is 1.37. The zero-order chi connectivity index (χ0) is 27.3. The summed E-state index contributed by atoms with van der Waals surface area (Å²) in [6.07, 6.45) is 11.9. The van der Waals surface area contributed by atoms with Crippen molar-refractivity contribution in [1.82, 2.24) is 4.90 Å². The van der Waals surface area contributed by atoms with Crippen LogP contribution in [0.1, 0.15) is 95.2 Å². The summed E-state index contributed by atoms with van der Waals surface area (Å²) < 4.78 is 10.8. The van der Waals surface area contributed by atoms with Gasteiger partial charge in [0, 0.05) is 12.1 Å². The van der Waals surface area contributed by atoms with E-state index in [0.29, 0.717) is 24.5 Å². The molecule has 0 spiro atoms. The van der Waals surface area contributed by atoms with Crippen LogP contribution in [-0.4, -0.2) is 42.0 Å². The number of carbonyl (C=O) groups excluding carboxylic acids is 2. The highest BCUT2D eigenvalue weighted by molar-refractivity contribution is 6.46. The predicted molar refractivity (Wildman–Crippen MR) is 151 cm³/mol. The molecule has 0 bridgehead atoms. The van der Waals surface area contributed by atoms with Gasteiger partial charge in [0.15, 0.2) is 0 Å². The molecule has 3 rings (SSSR count). The molecule has 6 heteroatoms. The van der Waals surface area contributed by atoms with Gasteiger partial charge in [0.05, 0.1) is 25.3 Å². The third-order valence-electron chi connectivity index (χ3n) is 7.16. The lowest BCUT2D eigenvalue weighted by molar-refractivity contribution is -0.139. The minimum absolute atomic E-state index is 0.122. The summed E-state index contributed by atoms with van der Waals surface area (Å²) in [5, 5.41) is 11.2. The van der Waals surface area contributed by atoms with Gasteiger partial charge < -0.3 is 19.5 Å². The first kappa shape index (κ1) is 29.3. The van der Waals surface area contributed by atoms with Gasteiger partial charge in [0.25, 0.3) is 11.7 Å². The Kier molecular flexibility index (Phi) is 11.7. The molecule has 0 aromatic heterocycles. The minimum Gasteiger partial charge on any atom is -0.507 e. The highest BCUT2D eigenvalue weighted by Gasteiger charge is 2.45. The van der Waals surface area contributed by atoms with Gasteiger partial charge in [-0.05, 0) is 55.3 Å². The average Bonchev–Trinajstić information content (AvgIpc) is 3.19. The van der Waals surface area contributed by atoms with Crippen LogP contribution in [0.4, 0.5) is 0 Å². The number of amides is 1. The third-order valence-corrected chi connectivity index (χ3v) is 7.16. The molecule has 1 heterocycles. The smallest absolute Gasteiger partial charge is 0.295 e. The van der Waals surface area contributed by atoms with E-state index in [2.05, 4.69) is 6.92 Å². The van der Waals surface area contributed by atoms with Crippen LogP contribution >= 0.6 is 0 Å². The van der Waals surface area contributed by atoms with Crippen molar-refractivity contribution in [2.75, 3.05) is 20.3 Å². The molecule has 0 radical (unpaired) electrons. The number of unbranched alkanes of at least 4 members (excludes halogenated alkanes) is 9. The molecule has 2 aromatic rings. The number of carbonyl (C=O) groups is 2. The number of ether oxygens (including phenoxy) is 2. The third kappa shape index (κ3) is 7.62. The van der Waals surface area contributed by atoms with Crippen molar-refractivity contribution in [2.45, 2.75) is 84.1 Å². The van der Waals surface area contributed by atoms with Gasteiger partial charge in [-0.15, -0.1) is 0 Å². The lowest BCUT2D eigenvalue weighted by Gasteiger charge is -2.25. The van der Waals surface area contributed by atoms with E-state index in [1.54, 1.807) is 36.3 Å². The van der Waals surface area contributed by atoms with Crippen molar-refractivity contribution >= 4 is 17.4 Å². The molecule has 1 N–H and O–H groups in total. The average molecular weight is 522 g/mol. The fourth-order valence-electron chi connectivity index (χ4n) is 5.04. The van der Waals surface area contributed by atoms with Gasteiger partial charge in [0.1, 0.15) is 17.3 Å². The fourth-order valence-corrected chi connectivity index (χ4v) is 5.04. The summed E-state index contributed by atoms with van der Waals surface area (Å²) in [4.78, 5) is 28.0. The van der Waals surface area contributed by atoms with Gasteiger partial charge in [-0.1, -0.05) is 76.8 Å². The van der Waals surface area contributed by atoms with Crippen molar-refractivity contribution in [3.8, 4) is 11.5 Å². The molecule has 0 aliphatic carbocycles. The number of likely N-dealkylation sites (tertiary alicyclic amines) is 1. The molecule has 1 unspecified atom stereocenters. The molecule has 2 aromatic carbocycles. The lowest BCUT2D eigenvalue weighted by atomic mass is 9.95. The maximum Gasteiger partial charge on any atom is 0.295 e. The second-order valence-electron chi connectivity index (χ2n) is 9.91. The zero-order valence-electron chi connectivity index (χ0n) is 23.2. The van der Waals surface area contributed by atoms with Crippen LogP contribution in [0.25, 0.3) is 5.76 Å². The van der Waals surface area contributed by atoms with Crippen LogP contribution in [0.2, 0.25) is 0 Å². The Morgan fingerprint density at radius 3 is 1.89 bits per heavy atom. The minimum atomic E-state index is -0.649. The zero-order valence-corrected chi connectivity index (χ0v) is 23.2. The van der Waals surface area contributed by atoms with E-state index in [0.717, 1.165) is 30.6 Å². The van der Waals surface area contributed by atoms with Gasteiger partial charge >= 0.3 is 0 Å². The van der Waals surface area contributed by atoms with Crippen LogP contribution in [0.5, 0.6) is 11.5 Å². The Labute approximate surface area is 227 Å². The Hall–Kier alpha value is -3.28. The molecule has 206 valence electrons. The van der Waals surface area contributed by atoms with Gasteiger partial charge in [0.2, 0.25) is 0 Å². The van der Waals surface area contributed by atoms with Gasteiger partial charge in [-0.25, -0.2) is 0 Å². The van der Waals surface area contributed by atoms with E-state index in [1.165, 1.54) is 44.9 Å². The van der Waals surface area contributed by atoms with Crippen molar-refractivity contribution in [3.63, 3.8) is 0 Å². The van der Waals surface area contributed by atoms with Crippen molar-refractivity contribution < 1.29 is 24.2 Å². The summed E-state index contributed by atoms with van der Waals surface area (Å²) in [5.74, 6) is -0.0151. The maximum atomic E-state index is 13.2. The molecule has 1 atom stereocenters. The monoisotopic (exact) mass is 521 g/mol. The molecule has 1 aliphatic rings. The van der Waals surface area contributed by atoms with Crippen molar-refractivity contribution in [3.05, 3.63) is 65.2 Å². The van der Waals surface area contributed by atoms with Crippen LogP contribution in [0, 0.1) is 0 Å². The largest absolute Gasteiger partial charge is 0.507 e. The van der Waals surface area contributed by atoms with E-state index < -0.39 is 17.7 Å².